The summed E-state index contributed by atoms with van der Waals surface area (Å²) in [4.78, 5) is 14.8. The number of fused-ring (bicyclic) bond motifs is 1. The largest absolute Gasteiger partial charge is 0.337 e. The Morgan fingerprint density at radius 2 is 2.12 bits per heavy atom. The fraction of sp³-hybridized carbons (Fsp3) is 0.923. The molecule has 3 rings (SSSR count). The Hall–Kier alpha value is -0.220. The summed E-state index contributed by atoms with van der Waals surface area (Å²) in [5.74, 6) is 2.34. The van der Waals surface area contributed by atoms with Crippen molar-refractivity contribution in [3.8, 4) is 0 Å². The molecule has 3 aliphatic rings. The zero-order valence-electron chi connectivity index (χ0n) is 10.4. The molecule has 0 saturated carbocycles. The van der Waals surface area contributed by atoms with Crippen LogP contribution < -0.4 is 5.32 Å². The minimum Gasteiger partial charge on any atom is -0.337 e. The third-order valence-corrected chi connectivity index (χ3v) is 5.78. The zero-order valence-corrected chi connectivity index (χ0v) is 11.2. The molecule has 17 heavy (non-hydrogen) atoms. The monoisotopic (exact) mass is 254 g/mol. The summed E-state index contributed by atoms with van der Waals surface area (Å²) in [6.45, 7) is 3.14. The van der Waals surface area contributed by atoms with E-state index in [4.69, 9.17) is 0 Å². The van der Waals surface area contributed by atoms with Crippen molar-refractivity contribution in [2.24, 2.45) is 5.92 Å². The Kier molecular flexibility index (Phi) is 3.61. The van der Waals surface area contributed by atoms with E-state index in [0.717, 1.165) is 32.0 Å². The molecule has 96 valence electrons. The second-order valence-electron chi connectivity index (χ2n) is 5.51. The summed E-state index contributed by atoms with van der Waals surface area (Å²) < 4.78 is 0. The predicted octanol–water partition coefficient (Wildman–Crippen LogP) is 1.48. The standard InChI is InChI=1S/C13H22N2OS/c16-13(12-5-1-2-7-17-12)15-6-3-4-10-8-14-9-11(10)15/h10-12,14H,1-9H2. The van der Waals surface area contributed by atoms with Crippen molar-refractivity contribution in [1.29, 1.82) is 0 Å². The van der Waals surface area contributed by atoms with E-state index in [-0.39, 0.29) is 5.25 Å². The second-order valence-corrected chi connectivity index (χ2v) is 6.83. The average molecular weight is 254 g/mol. The first-order valence-electron chi connectivity index (χ1n) is 6.99. The number of rotatable bonds is 1. The van der Waals surface area contributed by atoms with Gasteiger partial charge < -0.3 is 10.2 Å². The summed E-state index contributed by atoms with van der Waals surface area (Å²) in [6.07, 6.45) is 6.14. The highest BCUT2D eigenvalue weighted by Crippen LogP contribution is 2.31. The number of thioether (sulfide) groups is 1. The highest BCUT2D eigenvalue weighted by Gasteiger charge is 2.39. The van der Waals surface area contributed by atoms with Gasteiger partial charge in [0.1, 0.15) is 0 Å². The number of hydrogen-bond donors (Lipinski definition) is 1. The molecule has 1 amide bonds. The molecule has 3 unspecified atom stereocenters. The lowest BCUT2D eigenvalue weighted by Crippen LogP contribution is -2.51. The highest BCUT2D eigenvalue weighted by molar-refractivity contribution is 8.00. The molecule has 0 aromatic carbocycles. The van der Waals surface area contributed by atoms with Crippen molar-refractivity contribution < 1.29 is 4.79 Å². The van der Waals surface area contributed by atoms with Crippen LogP contribution in [0, 0.1) is 5.92 Å². The van der Waals surface area contributed by atoms with E-state index in [2.05, 4.69) is 10.2 Å². The third-order valence-electron chi connectivity index (χ3n) is 4.42. The summed E-state index contributed by atoms with van der Waals surface area (Å²) in [5, 5.41) is 3.72. The Balaban J connectivity index is 1.67. The van der Waals surface area contributed by atoms with Gasteiger partial charge in [-0.1, -0.05) is 6.42 Å². The van der Waals surface area contributed by atoms with Crippen molar-refractivity contribution in [1.82, 2.24) is 10.2 Å². The Labute approximate surface area is 108 Å². The van der Waals surface area contributed by atoms with E-state index < -0.39 is 0 Å². The van der Waals surface area contributed by atoms with Crippen molar-refractivity contribution in [3.63, 3.8) is 0 Å². The van der Waals surface area contributed by atoms with Crippen molar-refractivity contribution in [3.05, 3.63) is 0 Å². The molecule has 3 nitrogen and oxygen atoms in total. The molecule has 3 fully saturated rings. The van der Waals surface area contributed by atoms with Gasteiger partial charge in [0, 0.05) is 25.7 Å². The van der Waals surface area contributed by atoms with Crippen LogP contribution in [0.1, 0.15) is 32.1 Å². The van der Waals surface area contributed by atoms with E-state index in [1.807, 2.05) is 11.8 Å². The fourth-order valence-electron chi connectivity index (χ4n) is 3.46. The van der Waals surface area contributed by atoms with Crippen LogP contribution in [0.4, 0.5) is 0 Å². The second kappa shape index (κ2) is 5.19. The first-order valence-corrected chi connectivity index (χ1v) is 8.04. The van der Waals surface area contributed by atoms with Gasteiger partial charge in [-0.3, -0.25) is 4.79 Å². The molecule has 3 atom stereocenters. The van der Waals surface area contributed by atoms with Crippen molar-refractivity contribution in [2.45, 2.75) is 43.4 Å². The first-order chi connectivity index (χ1) is 8.36. The maximum Gasteiger partial charge on any atom is 0.235 e. The third kappa shape index (κ3) is 2.34. The van der Waals surface area contributed by atoms with E-state index >= 15 is 0 Å². The number of carbonyl (C=O) groups is 1. The molecular weight excluding hydrogens is 232 g/mol. The predicted molar refractivity (Wildman–Crippen MR) is 71.2 cm³/mol. The number of nitrogens with zero attached hydrogens (tertiary/aromatic N) is 1. The lowest BCUT2D eigenvalue weighted by Gasteiger charge is -2.39. The van der Waals surface area contributed by atoms with E-state index in [1.165, 1.54) is 31.4 Å². The van der Waals surface area contributed by atoms with Crippen LogP contribution in [0.25, 0.3) is 0 Å². The van der Waals surface area contributed by atoms with Crippen LogP contribution in [0.5, 0.6) is 0 Å². The lowest BCUT2D eigenvalue weighted by molar-refractivity contribution is -0.135. The molecule has 3 aliphatic heterocycles. The molecule has 1 N–H and O–H groups in total. The van der Waals surface area contributed by atoms with Crippen LogP contribution >= 0.6 is 11.8 Å². The van der Waals surface area contributed by atoms with Crippen LogP contribution in [-0.2, 0) is 4.79 Å². The number of nitrogens with one attached hydrogen (secondary N) is 1. The molecular formula is C13H22N2OS. The summed E-state index contributed by atoms with van der Waals surface area (Å²) in [5.41, 5.74) is 0. The SMILES string of the molecule is O=C(C1CCCCS1)N1CCCC2CNCC21. The molecule has 3 saturated heterocycles. The molecule has 0 bridgehead atoms. The van der Waals surface area contributed by atoms with Crippen LogP contribution in [-0.4, -0.2) is 47.5 Å². The summed E-state index contributed by atoms with van der Waals surface area (Å²) in [6, 6.07) is 0.499. The number of piperidine rings is 1. The Morgan fingerprint density at radius 1 is 1.18 bits per heavy atom. The molecule has 0 aliphatic carbocycles. The number of likely N-dealkylation sites (tertiary alicyclic amines) is 1. The molecule has 0 radical (unpaired) electrons. The van der Waals surface area contributed by atoms with Crippen molar-refractivity contribution in [2.75, 3.05) is 25.4 Å². The van der Waals surface area contributed by atoms with Crippen LogP contribution in [0.3, 0.4) is 0 Å². The van der Waals surface area contributed by atoms with E-state index in [0.29, 0.717) is 11.9 Å². The number of carbonyl (C=O) groups excluding carboxylic acids is 1. The Bertz CT molecular complexity index is 291. The summed E-state index contributed by atoms with van der Waals surface area (Å²) in [7, 11) is 0. The normalized spacial score (nSPS) is 37.9. The van der Waals surface area contributed by atoms with Gasteiger partial charge in [-0.25, -0.2) is 0 Å². The molecule has 0 spiro atoms. The van der Waals surface area contributed by atoms with Gasteiger partial charge in [0.25, 0.3) is 0 Å². The zero-order chi connectivity index (χ0) is 11.7. The van der Waals surface area contributed by atoms with Gasteiger partial charge in [0.15, 0.2) is 0 Å². The van der Waals surface area contributed by atoms with E-state index in [9.17, 15) is 4.79 Å². The topological polar surface area (TPSA) is 32.3 Å². The molecule has 4 heteroatoms. The van der Waals surface area contributed by atoms with E-state index in [1.54, 1.807) is 0 Å². The van der Waals surface area contributed by atoms with Gasteiger partial charge in [-0.15, -0.1) is 11.8 Å². The average Bonchev–Trinajstić information content (AvgIpc) is 2.87. The number of hydrogen-bond acceptors (Lipinski definition) is 3. The highest BCUT2D eigenvalue weighted by atomic mass is 32.2. The minimum absolute atomic E-state index is 0.267. The smallest absolute Gasteiger partial charge is 0.235 e. The first kappa shape index (κ1) is 11.8. The van der Waals surface area contributed by atoms with Crippen molar-refractivity contribution >= 4 is 17.7 Å². The minimum atomic E-state index is 0.267. The van der Waals surface area contributed by atoms with Gasteiger partial charge >= 0.3 is 0 Å². The molecule has 3 heterocycles. The van der Waals surface area contributed by atoms with Gasteiger partial charge in [-0.05, 0) is 37.4 Å². The molecule has 0 aromatic heterocycles. The quantitative estimate of drug-likeness (QED) is 0.769. The lowest BCUT2D eigenvalue weighted by atomic mass is 9.91. The maximum atomic E-state index is 12.6. The van der Waals surface area contributed by atoms with Gasteiger partial charge in [0.05, 0.1) is 5.25 Å². The summed E-state index contributed by atoms with van der Waals surface area (Å²) >= 11 is 1.89. The van der Waals surface area contributed by atoms with Crippen LogP contribution in [0.2, 0.25) is 0 Å². The Morgan fingerprint density at radius 3 is 2.94 bits per heavy atom. The fourth-order valence-corrected chi connectivity index (χ4v) is 4.73. The maximum absolute atomic E-state index is 12.6. The molecule has 0 aromatic rings. The van der Waals surface area contributed by atoms with Gasteiger partial charge in [0.2, 0.25) is 5.91 Å². The van der Waals surface area contributed by atoms with Gasteiger partial charge in [-0.2, -0.15) is 0 Å². The number of amides is 1. The van der Waals surface area contributed by atoms with Crippen LogP contribution in [0.15, 0.2) is 0 Å².